The summed E-state index contributed by atoms with van der Waals surface area (Å²) in [5.74, 6) is 0.843. The van der Waals surface area contributed by atoms with Gasteiger partial charge in [0.2, 0.25) is 0 Å². The molecule has 0 aliphatic rings. The van der Waals surface area contributed by atoms with E-state index in [2.05, 4.69) is 10.1 Å². The van der Waals surface area contributed by atoms with Crippen LogP contribution in [0.5, 0.6) is 0 Å². The first-order valence-electron chi connectivity index (χ1n) is 3.34. The monoisotopic (exact) mass is 212 g/mol. The molecule has 0 spiro atoms. The van der Waals surface area contributed by atoms with Crippen LogP contribution in [0, 0.1) is 0 Å². The first-order chi connectivity index (χ1) is 4.75. The summed E-state index contributed by atoms with van der Waals surface area (Å²) in [6, 6.07) is 0.348. The number of nitrogens with two attached hydrogens (primary N) is 1. The smallest absolute Gasteiger partial charge is 0.140 e. The Bertz CT molecular complexity index is 211. The Hall–Kier alpha value is -0.320. The third kappa shape index (κ3) is 2.97. The van der Waals surface area contributed by atoms with Crippen molar-refractivity contribution in [3.63, 3.8) is 0 Å². The lowest BCUT2D eigenvalue weighted by molar-refractivity contribution is 0.506. The van der Waals surface area contributed by atoms with Crippen molar-refractivity contribution in [1.82, 2.24) is 14.8 Å². The largest absolute Gasteiger partial charge is 0.324 e. The Labute approximate surface area is 84.4 Å². The van der Waals surface area contributed by atoms with Crippen molar-refractivity contribution >= 4 is 24.8 Å². The van der Waals surface area contributed by atoms with E-state index in [1.54, 1.807) is 0 Å². The van der Waals surface area contributed by atoms with E-state index >= 15 is 0 Å². The van der Waals surface area contributed by atoms with Crippen LogP contribution in [0.1, 0.15) is 25.7 Å². The number of hydrogen-bond donors (Lipinski definition) is 1. The van der Waals surface area contributed by atoms with Gasteiger partial charge in [-0.15, -0.1) is 24.8 Å². The Balaban J connectivity index is 0. The van der Waals surface area contributed by atoms with Crippen molar-refractivity contribution < 1.29 is 0 Å². The second-order valence-electron chi connectivity index (χ2n) is 2.42. The van der Waals surface area contributed by atoms with Crippen LogP contribution in [-0.4, -0.2) is 14.8 Å². The molecule has 0 aromatic carbocycles. The van der Waals surface area contributed by atoms with Crippen molar-refractivity contribution in [2.75, 3.05) is 0 Å². The standard InChI is InChI=1S/C6H12N4.2ClH/c1-5(2)10-6(3-7)8-4-9-10;;/h4-5H,3,7H2,1-2H3;2*1H. The van der Waals surface area contributed by atoms with E-state index in [1.807, 2.05) is 18.5 Å². The maximum atomic E-state index is 5.41. The van der Waals surface area contributed by atoms with E-state index < -0.39 is 0 Å². The van der Waals surface area contributed by atoms with Gasteiger partial charge in [0.05, 0.1) is 6.54 Å². The fraction of sp³-hybridized carbons (Fsp3) is 0.667. The molecule has 1 aromatic heterocycles. The lowest BCUT2D eigenvalue weighted by Gasteiger charge is -2.06. The number of aromatic nitrogens is 3. The molecule has 2 N–H and O–H groups in total. The fourth-order valence-electron chi connectivity index (χ4n) is 0.852. The van der Waals surface area contributed by atoms with E-state index in [4.69, 9.17) is 5.73 Å². The quantitative estimate of drug-likeness (QED) is 0.801. The molecule has 1 heterocycles. The molecule has 0 atom stereocenters. The van der Waals surface area contributed by atoms with E-state index in [9.17, 15) is 0 Å². The molecule has 0 saturated carbocycles. The van der Waals surface area contributed by atoms with Crippen LogP contribution in [-0.2, 0) is 6.54 Å². The van der Waals surface area contributed by atoms with Crippen molar-refractivity contribution in [1.29, 1.82) is 0 Å². The van der Waals surface area contributed by atoms with Crippen molar-refractivity contribution in [3.8, 4) is 0 Å². The van der Waals surface area contributed by atoms with E-state index in [1.165, 1.54) is 6.33 Å². The van der Waals surface area contributed by atoms with E-state index in [0.29, 0.717) is 12.6 Å². The first kappa shape index (κ1) is 14.2. The van der Waals surface area contributed by atoms with E-state index in [0.717, 1.165) is 5.82 Å². The van der Waals surface area contributed by atoms with Gasteiger partial charge in [0.25, 0.3) is 0 Å². The lowest BCUT2D eigenvalue weighted by atomic mass is 10.4. The van der Waals surface area contributed by atoms with Gasteiger partial charge in [0.1, 0.15) is 12.2 Å². The zero-order valence-corrected chi connectivity index (χ0v) is 8.73. The molecule has 6 heteroatoms. The van der Waals surface area contributed by atoms with Crippen LogP contribution in [0.2, 0.25) is 0 Å². The highest BCUT2D eigenvalue weighted by Crippen LogP contribution is 2.03. The lowest BCUT2D eigenvalue weighted by Crippen LogP contribution is -2.11. The second-order valence-corrected chi connectivity index (χ2v) is 2.42. The summed E-state index contributed by atoms with van der Waals surface area (Å²) in [5.41, 5.74) is 5.41. The second kappa shape index (κ2) is 6.22. The van der Waals surface area contributed by atoms with Gasteiger partial charge in [0.15, 0.2) is 0 Å². The Kier molecular flexibility index (Phi) is 7.37. The first-order valence-corrected chi connectivity index (χ1v) is 3.34. The van der Waals surface area contributed by atoms with Crippen LogP contribution in [0.4, 0.5) is 0 Å². The van der Waals surface area contributed by atoms with E-state index in [-0.39, 0.29) is 24.8 Å². The minimum Gasteiger partial charge on any atom is -0.324 e. The highest BCUT2D eigenvalue weighted by atomic mass is 35.5. The summed E-state index contributed by atoms with van der Waals surface area (Å²) in [7, 11) is 0. The van der Waals surface area contributed by atoms with Gasteiger partial charge in [-0.05, 0) is 13.8 Å². The Morgan fingerprint density at radius 1 is 1.50 bits per heavy atom. The highest BCUT2D eigenvalue weighted by Gasteiger charge is 2.03. The molecule has 12 heavy (non-hydrogen) atoms. The third-order valence-corrected chi connectivity index (χ3v) is 1.32. The molecule has 0 fully saturated rings. The van der Waals surface area contributed by atoms with Crippen LogP contribution in [0.25, 0.3) is 0 Å². The molecule has 1 aromatic rings. The molecule has 0 aliphatic heterocycles. The molecule has 0 aliphatic carbocycles. The average Bonchev–Trinajstić information content (AvgIpc) is 2.33. The summed E-state index contributed by atoms with van der Waals surface area (Å²) in [5, 5.41) is 4.01. The maximum absolute atomic E-state index is 5.41. The van der Waals surface area contributed by atoms with Gasteiger partial charge >= 0.3 is 0 Å². The zero-order chi connectivity index (χ0) is 7.56. The molecule has 72 valence electrons. The average molecular weight is 213 g/mol. The maximum Gasteiger partial charge on any atom is 0.140 e. The van der Waals surface area contributed by atoms with Gasteiger partial charge in [-0.3, -0.25) is 0 Å². The summed E-state index contributed by atoms with van der Waals surface area (Å²) >= 11 is 0. The molecule has 0 bridgehead atoms. The van der Waals surface area contributed by atoms with Gasteiger partial charge in [-0.25, -0.2) is 9.67 Å². The van der Waals surface area contributed by atoms with Crippen LogP contribution >= 0.6 is 24.8 Å². The van der Waals surface area contributed by atoms with Gasteiger partial charge in [0, 0.05) is 6.04 Å². The molecular weight excluding hydrogens is 199 g/mol. The fourth-order valence-corrected chi connectivity index (χ4v) is 0.852. The minimum absolute atomic E-state index is 0. The van der Waals surface area contributed by atoms with Crippen LogP contribution in [0.3, 0.4) is 0 Å². The minimum atomic E-state index is 0. The molecule has 0 unspecified atom stereocenters. The predicted molar refractivity (Wildman–Crippen MR) is 52.8 cm³/mol. The highest BCUT2D eigenvalue weighted by molar-refractivity contribution is 5.85. The predicted octanol–water partition coefficient (Wildman–Crippen LogP) is 1.16. The normalized spacial score (nSPS) is 9.00. The summed E-state index contributed by atoms with van der Waals surface area (Å²) in [6.07, 6.45) is 1.53. The van der Waals surface area contributed by atoms with Crippen molar-refractivity contribution in [2.45, 2.75) is 26.4 Å². The van der Waals surface area contributed by atoms with Gasteiger partial charge < -0.3 is 5.73 Å². The molecular formula is C6H14Cl2N4. The van der Waals surface area contributed by atoms with Crippen LogP contribution in [0.15, 0.2) is 6.33 Å². The number of nitrogens with zero attached hydrogens (tertiary/aromatic N) is 3. The van der Waals surface area contributed by atoms with Crippen molar-refractivity contribution in [3.05, 3.63) is 12.2 Å². The Morgan fingerprint density at radius 2 is 2.08 bits per heavy atom. The van der Waals surface area contributed by atoms with Crippen molar-refractivity contribution in [2.24, 2.45) is 5.73 Å². The number of hydrogen-bond acceptors (Lipinski definition) is 3. The third-order valence-electron chi connectivity index (χ3n) is 1.32. The number of halogens is 2. The SMILES string of the molecule is CC(C)n1ncnc1CN.Cl.Cl. The zero-order valence-electron chi connectivity index (χ0n) is 7.10. The number of rotatable bonds is 2. The molecule has 0 amide bonds. The van der Waals surface area contributed by atoms with Gasteiger partial charge in [-0.1, -0.05) is 0 Å². The summed E-state index contributed by atoms with van der Waals surface area (Å²) in [4.78, 5) is 3.98. The summed E-state index contributed by atoms with van der Waals surface area (Å²) < 4.78 is 1.82. The molecule has 1 rings (SSSR count). The summed E-state index contributed by atoms with van der Waals surface area (Å²) in [6.45, 7) is 4.56. The van der Waals surface area contributed by atoms with Gasteiger partial charge in [-0.2, -0.15) is 5.10 Å². The molecule has 4 nitrogen and oxygen atoms in total. The Morgan fingerprint density at radius 3 is 2.42 bits per heavy atom. The van der Waals surface area contributed by atoms with Crippen LogP contribution < -0.4 is 5.73 Å². The molecule has 0 radical (unpaired) electrons. The topological polar surface area (TPSA) is 56.7 Å². The molecule has 0 saturated heterocycles.